The van der Waals surface area contributed by atoms with Crippen LogP contribution in [0.25, 0.3) is 0 Å². The van der Waals surface area contributed by atoms with E-state index in [2.05, 4.69) is 9.47 Å². The molecule has 0 amide bonds. The number of hydrogen-bond acceptors (Lipinski definition) is 7. The van der Waals surface area contributed by atoms with E-state index in [9.17, 15) is 9.59 Å². The fourth-order valence-corrected chi connectivity index (χ4v) is 1.06. The van der Waals surface area contributed by atoms with Crippen LogP contribution >= 0.6 is 0 Å². The van der Waals surface area contributed by atoms with Crippen molar-refractivity contribution in [2.45, 2.75) is 0 Å². The molecule has 2 N–H and O–H groups in total. The summed E-state index contributed by atoms with van der Waals surface area (Å²) in [5.74, 6) is -0.394. The number of furan rings is 2. The minimum absolute atomic E-state index is 0.125. The van der Waals surface area contributed by atoms with Crippen molar-refractivity contribution in [3.8, 4) is 0 Å². The molecule has 19 heavy (non-hydrogen) atoms. The Bertz CT molecular complexity index is 528. The number of esters is 2. The van der Waals surface area contributed by atoms with Gasteiger partial charge in [0.05, 0.1) is 20.5 Å². The molecule has 2 rings (SSSR count). The molecule has 0 aliphatic carbocycles. The van der Waals surface area contributed by atoms with Crippen molar-refractivity contribution in [2.75, 3.05) is 20.0 Å². The first kappa shape index (κ1) is 14.4. The summed E-state index contributed by atoms with van der Waals surface area (Å²) < 4.78 is 18.2. The number of anilines is 1. The van der Waals surface area contributed by atoms with E-state index in [0.717, 1.165) is 0 Å². The van der Waals surface area contributed by atoms with Crippen molar-refractivity contribution in [2.24, 2.45) is 0 Å². The summed E-state index contributed by atoms with van der Waals surface area (Å²) >= 11 is 0. The summed E-state index contributed by atoms with van der Waals surface area (Å²) in [5, 5.41) is 0. The second-order valence-electron chi connectivity index (χ2n) is 3.16. The molecule has 0 unspecified atom stereocenters. The van der Waals surface area contributed by atoms with Crippen LogP contribution in [0.4, 0.5) is 5.88 Å². The third kappa shape index (κ3) is 4.23. The van der Waals surface area contributed by atoms with Gasteiger partial charge in [-0.3, -0.25) is 0 Å². The number of ether oxygens (including phenoxy) is 2. The van der Waals surface area contributed by atoms with Crippen LogP contribution in [0.15, 0.2) is 39.4 Å². The Hall–Kier alpha value is -2.70. The maximum absolute atomic E-state index is 10.7. The Morgan fingerprint density at radius 2 is 1.68 bits per heavy atom. The van der Waals surface area contributed by atoms with E-state index in [1.165, 1.54) is 32.6 Å². The quantitative estimate of drug-likeness (QED) is 0.825. The van der Waals surface area contributed by atoms with Gasteiger partial charge in [-0.1, -0.05) is 0 Å². The first-order valence-electron chi connectivity index (χ1n) is 5.14. The largest absolute Gasteiger partial charge is 0.463 e. The minimum atomic E-state index is -0.517. The summed E-state index contributed by atoms with van der Waals surface area (Å²) in [4.78, 5) is 21.2. The molecule has 7 heteroatoms. The third-order valence-electron chi connectivity index (χ3n) is 1.92. The highest BCUT2D eigenvalue weighted by Gasteiger charge is 2.08. The topological polar surface area (TPSA) is 105 Å². The van der Waals surface area contributed by atoms with Crippen molar-refractivity contribution in [1.29, 1.82) is 0 Å². The van der Waals surface area contributed by atoms with Gasteiger partial charge in [-0.05, 0) is 18.2 Å². The molecule has 2 aromatic heterocycles. The SMILES string of the molecule is COC(=O)c1ccc(N)o1.COC(=O)c1ccco1. The molecule has 0 saturated heterocycles. The second-order valence-corrected chi connectivity index (χ2v) is 3.16. The number of nitrogens with two attached hydrogens (primary N) is 1. The standard InChI is InChI=1S/C6H7NO3.C6H6O3/c1-9-6(8)4-2-3-5(7)10-4;1-8-6(7)5-3-2-4-9-5/h2-3H,7H2,1H3;2-4H,1H3. The average molecular weight is 267 g/mol. The van der Waals surface area contributed by atoms with Gasteiger partial charge in [-0.25, -0.2) is 9.59 Å². The van der Waals surface area contributed by atoms with Gasteiger partial charge in [0.2, 0.25) is 11.5 Å². The average Bonchev–Trinajstić information content (AvgIpc) is 3.08. The molecule has 0 bridgehead atoms. The Kier molecular flexibility index (Phi) is 5.21. The molecule has 0 fully saturated rings. The Morgan fingerprint density at radius 3 is 2.11 bits per heavy atom. The first-order valence-corrected chi connectivity index (χ1v) is 5.14. The summed E-state index contributed by atoms with van der Waals surface area (Å²) in [5.41, 5.74) is 5.20. The van der Waals surface area contributed by atoms with E-state index in [0.29, 0.717) is 0 Å². The van der Waals surface area contributed by atoms with Crippen molar-refractivity contribution in [3.63, 3.8) is 0 Å². The van der Waals surface area contributed by atoms with Gasteiger partial charge in [-0.15, -0.1) is 0 Å². The van der Waals surface area contributed by atoms with Crippen LogP contribution in [0.5, 0.6) is 0 Å². The zero-order valence-corrected chi connectivity index (χ0v) is 10.4. The van der Waals surface area contributed by atoms with Crippen molar-refractivity contribution in [3.05, 3.63) is 42.0 Å². The normalized spacial score (nSPS) is 9.16. The summed E-state index contributed by atoms with van der Waals surface area (Å²) in [7, 11) is 2.59. The summed E-state index contributed by atoms with van der Waals surface area (Å²) in [6.45, 7) is 0. The lowest BCUT2D eigenvalue weighted by Crippen LogP contribution is -1.98. The zero-order valence-electron chi connectivity index (χ0n) is 10.4. The first-order chi connectivity index (χ1) is 9.08. The van der Waals surface area contributed by atoms with Gasteiger partial charge in [0.15, 0.2) is 5.88 Å². The summed E-state index contributed by atoms with van der Waals surface area (Å²) in [6.07, 6.45) is 1.42. The van der Waals surface area contributed by atoms with Gasteiger partial charge in [0, 0.05) is 6.07 Å². The van der Waals surface area contributed by atoms with E-state index in [4.69, 9.17) is 14.6 Å². The predicted octanol–water partition coefficient (Wildman–Crippen LogP) is 1.71. The second kappa shape index (κ2) is 6.90. The van der Waals surface area contributed by atoms with Gasteiger partial charge in [0.25, 0.3) is 0 Å². The van der Waals surface area contributed by atoms with E-state index in [-0.39, 0.29) is 17.4 Å². The van der Waals surface area contributed by atoms with Crippen LogP contribution < -0.4 is 5.73 Å². The third-order valence-corrected chi connectivity index (χ3v) is 1.92. The highest BCUT2D eigenvalue weighted by molar-refractivity contribution is 5.86. The lowest BCUT2D eigenvalue weighted by atomic mass is 10.5. The van der Waals surface area contributed by atoms with Crippen LogP contribution in [0.3, 0.4) is 0 Å². The molecule has 0 atom stereocenters. The van der Waals surface area contributed by atoms with Gasteiger partial charge in [0.1, 0.15) is 0 Å². The Balaban J connectivity index is 0.000000191. The Morgan fingerprint density at radius 1 is 1.05 bits per heavy atom. The Labute approximate surface area is 108 Å². The number of carbonyl (C=O) groups excluding carboxylic acids is 2. The minimum Gasteiger partial charge on any atom is -0.463 e. The molecule has 0 spiro atoms. The van der Waals surface area contributed by atoms with E-state index in [1.54, 1.807) is 12.1 Å². The maximum atomic E-state index is 10.7. The van der Waals surface area contributed by atoms with Crippen LogP contribution in [0.2, 0.25) is 0 Å². The fourth-order valence-electron chi connectivity index (χ4n) is 1.06. The van der Waals surface area contributed by atoms with Crippen molar-refractivity contribution in [1.82, 2.24) is 0 Å². The van der Waals surface area contributed by atoms with Crippen LogP contribution in [0.1, 0.15) is 21.1 Å². The van der Waals surface area contributed by atoms with Crippen molar-refractivity contribution >= 4 is 17.8 Å². The maximum Gasteiger partial charge on any atom is 0.374 e. The molecule has 102 valence electrons. The van der Waals surface area contributed by atoms with E-state index < -0.39 is 11.9 Å². The molecule has 2 heterocycles. The fraction of sp³-hybridized carbons (Fsp3) is 0.167. The molecule has 0 aliphatic heterocycles. The molecular formula is C12H13NO6. The highest BCUT2D eigenvalue weighted by Crippen LogP contribution is 2.09. The van der Waals surface area contributed by atoms with Gasteiger partial charge >= 0.3 is 11.9 Å². The molecule has 0 saturated carbocycles. The van der Waals surface area contributed by atoms with Crippen LogP contribution in [0, 0.1) is 0 Å². The number of rotatable bonds is 2. The number of methoxy groups -OCH3 is 2. The molecule has 0 radical (unpaired) electrons. The van der Waals surface area contributed by atoms with E-state index in [1.807, 2.05) is 0 Å². The highest BCUT2D eigenvalue weighted by atomic mass is 16.5. The number of carbonyl (C=O) groups is 2. The lowest BCUT2D eigenvalue weighted by molar-refractivity contribution is 0.0558. The monoisotopic (exact) mass is 267 g/mol. The summed E-state index contributed by atoms with van der Waals surface area (Å²) in [6, 6.07) is 6.13. The smallest absolute Gasteiger partial charge is 0.374 e. The number of nitrogen functional groups attached to an aromatic ring is 1. The van der Waals surface area contributed by atoms with E-state index >= 15 is 0 Å². The van der Waals surface area contributed by atoms with Crippen molar-refractivity contribution < 1.29 is 27.9 Å². The number of hydrogen-bond donors (Lipinski definition) is 1. The predicted molar refractivity (Wildman–Crippen MR) is 64.5 cm³/mol. The lowest BCUT2D eigenvalue weighted by Gasteiger charge is -1.90. The molecule has 0 aliphatic rings. The van der Waals surface area contributed by atoms with Crippen LogP contribution in [-0.2, 0) is 9.47 Å². The molecule has 7 nitrogen and oxygen atoms in total. The zero-order chi connectivity index (χ0) is 14.3. The molecular weight excluding hydrogens is 254 g/mol. The molecule has 0 aromatic carbocycles. The van der Waals surface area contributed by atoms with Crippen LogP contribution in [-0.4, -0.2) is 26.2 Å². The molecule has 2 aromatic rings. The van der Waals surface area contributed by atoms with Gasteiger partial charge in [-0.2, -0.15) is 0 Å². The van der Waals surface area contributed by atoms with Gasteiger partial charge < -0.3 is 24.0 Å².